The Bertz CT molecular complexity index is 563. The average Bonchev–Trinajstić information content (AvgIpc) is 2.38. The van der Waals surface area contributed by atoms with E-state index in [4.69, 9.17) is 10.5 Å². The highest BCUT2D eigenvalue weighted by Gasteiger charge is 2.18. The van der Waals surface area contributed by atoms with Gasteiger partial charge in [-0.2, -0.15) is 0 Å². The normalized spacial score (nSPS) is 10.7. The average molecular weight is 324 g/mol. The third-order valence-corrected chi connectivity index (χ3v) is 3.87. The zero-order chi connectivity index (χ0) is 14.5. The summed E-state index contributed by atoms with van der Waals surface area (Å²) < 4.78 is 31.2. The van der Waals surface area contributed by atoms with Crippen LogP contribution in [0.1, 0.15) is 10.4 Å². The second kappa shape index (κ2) is 8.05. The molecule has 1 aromatic rings. The van der Waals surface area contributed by atoms with Gasteiger partial charge in [-0.05, 0) is 25.2 Å². The summed E-state index contributed by atoms with van der Waals surface area (Å²) in [6, 6.07) is 3.95. The van der Waals surface area contributed by atoms with Crippen LogP contribution in [0.5, 0.6) is 5.75 Å². The molecule has 4 N–H and O–H groups in total. The minimum Gasteiger partial charge on any atom is -0.496 e. The van der Waals surface area contributed by atoms with Gasteiger partial charge in [0.2, 0.25) is 10.0 Å². The van der Waals surface area contributed by atoms with Crippen LogP contribution in [0.3, 0.4) is 0 Å². The van der Waals surface area contributed by atoms with Gasteiger partial charge in [0.15, 0.2) is 0 Å². The number of hydrogen-bond acceptors (Lipinski definition) is 5. The lowest BCUT2D eigenvalue weighted by Crippen LogP contribution is -2.30. The summed E-state index contributed by atoms with van der Waals surface area (Å²) in [4.78, 5) is 11.2. The molecule has 9 heteroatoms. The SMILES string of the molecule is CNCCNS(=O)(=O)c1ccc(OC)c(C(N)=O)c1.Cl. The number of hydrogen-bond donors (Lipinski definition) is 3. The number of likely N-dealkylation sites (N-methyl/N-ethyl adjacent to an activating group) is 1. The Kier molecular flexibility index (Phi) is 7.51. The van der Waals surface area contributed by atoms with Crippen LogP contribution in [0.25, 0.3) is 0 Å². The molecule has 1 amide bonds. The highest BCUT2D eigenvalue weighted by molar-refractivity contribution is 7.89. The number of rotatable bonds is 7. The van der Waals surface area contributed by atoms with E-state index in [1.54, 1.807) is 7.05 Å². The third-order valence-electron chi connectivity index (χ3n) is 2.41. The predicted molar refractivity (Wildman–Crippen MR) is 77.9 cm³/mol. The minimum atomic E-state index is -3.67. The van der Waals surface area contributed by atoms with Gasteiger partial charge in [0.1, 0.15) is 5.75 Å². The summed E-state index contributed by atoms with van der Waals surface area (Å²) in [7, 11) is -0.576. The predicted octanol–water partition coefficient (Wildman–Crippen LogP) is -0.286. The third kappa shape index (κ3) is 4.64. The Morgan fingerprint density at radius 2 is 2.00 bits per heavy atom. The molecule has 0 radical (unpaired) electrons. The molecule has 0 aliphatic rings. The van der Waals surface area contributed by atoms with Gasteiger partial charge in [-0.1, -0.05) is 0 Å². The molecule has 0 saturated carbocycles. The van der Waals surface area contributed by atoms with Gasteiger partial charge in [-0.3, -0.25) is 4.79 Å². The lowest BCUT2D eigenvalue weighted by Gasteiger charge is -2.10. The number of benzene rings is 1. The largest absolute Gasteiger partial charge is 0.496 e. The number of nitrogens with one attached hydrogen (secondary N) is 2. The quantitative estimate of drug-likeness (QED) is 0.597. The number of nitrogens with two attached hydrogens (primary N) is 1. The molecular weight excluding hydrogens is 306 g/mol. The fraction of sp³-hybridized carbons (Fsp3) is 0.364. The van der Waals surface area contributed by atoms with Crippen LogP contribution in [0, 0.1) is 0 Å². The highest BCUT2D eigenvalue weighted by Crippen LogP contribution is 2.21. The van der Waals surface area contributed by atoms with Gasteiger partial charge in [0.05, 0.1) is 17.6 Å². The lowest BCUT2D eigenvalue weighted by atomic mass is 10.2. The van der Waals surface area contributed by atoms with Crippen molar-refractivity contribution in [2.45, 2.75) is 4.90 Å². The second-order valence-corrected chi connectivity index (χ2v) is 5.49. The first-order valence-electron chi connectivity index (χ1n) is 5.54. The first kappa shape index (κ1) is 18.7. The summed E-state index contributed by atoms with van der Waals surface area (Å²) in [5.41, 5.74) is 5.21. The van der Waals surface area contributed by atoms with Crippen LogP contribution in [0.15, 0.2) is 23.1 Å². The zero-order valence-corrected chi connectivity index (χ0v) is 12.8. The van der Waals surface area contributed by atoms with Gasteiger partial charge < -0.3 is 15.8 Å². The van der Waals surface area contributed by atoms with E-state index < -0.39 is 15.9 Å². The van der Waals surface area contributed by atoms with Crippen molar-refractivity contribution < 1.29 is 17.9 Å². The van der Waals surface area contributed by atoms with Crippen molar-refractivity contribution in [1.29, 1.82) is 0 Å². The Hall–Kier alpha value is -1.35. The van der Waals surface area contributed by atoms with E-state index in [0.717, 1.165) is 0 Å². The Balaban J connectivity index is 0.00000361. The number of methoxy groups -OCH3 is 1. The van der Waals surface area contributed by atoms with Gasteiger partial charge in [0, 0.05) is 13.1 Å². The van der Waals surface area contributed by atoms with Gasteiger partial charge in [0.25, 0.3) is 5.91 Å². The van der Waals surface area contributed by atoms with Crippen LogP contribution in [0.2, 0.25) is 0 Å². The fourth-order valence-corrected chi connectivity index (χ4v) is 2.50. The first-order valence-corrected chi connectivity index (χ1v) is 7.03. The minimum absolute atomic E-state index is 0. The molecule has 20 heavy (non-hydrogen) atoms. The highest BCUT2D eigenvalue weighted by atomic mass is 35.5. The molecule has 0 unspecified atom stereocenters. The van der Waals surface area contributed by atoms with Crippen molar-refractivity contribution >= 4 is 28.3 Å². The second-order valence-electron chi connectivity index (χ2n) is 3.73. The smallest absolute Gasteiger partial charge is 0.252 e. The van der Waals surface area contributed by atoms with Crippen LogP contribution < -0.4 is 20.5 Å². The molecule has 0 aromatic heterocycles. The van der Waals surface area contributed by atoms with Gasteiger partial charge >= 0.3 is 0 Å². The van der Waals surface area contributed by atoms with Gasteiger partial charge in [-0.15, -0.1) is 12.4 Å². The zero-order valence-electron chi connectivity index (χ0n) is 11.2. The van der Waals surface area contributed by atoms with E-state index in [-0.39, 0.29) is 35.2 Å². The number of primary amides is 1. The lowest BCUT2D eigenvalue weighted by molar-refractivity contribution is 0.0997. The first-order chi connectivity index (χ1) is 8.92. The number of sulfonamides is 1. The summed E-state index contributed by atoms with van der Waals surface area (Å²) in [5.74, 6) is -0.509. The molecule has 0 saturated heterocycles. The molecule has 1 aromatic carbocycles. The summed E-state index contributed by atoms with van der Waals surface area (Å²) in [5, 5.41) is 2.82. The van der Waals surface area contributed by atoms with E-state index in [0.29, 0.717) is 6.54 Å². The van der Waals surface area contributed by atoms with Gasteiger partial charge in [-0.25, -0.2) is 13.1 Å². The standard InChI is InChI=1S/C11H17N3O4S.ClH/c1-13-5-6-14-19(16,17)8-3-4-10(18-2)9(7-8)11(12)15;/h3-4,7,13-14H,5-6H2,1-2H3,(H2,12,15);1H. The molecule has 114 valence electrons. The fourth-order valence-electron chi connectivity index (χ4n) is 1.44. The van der Waals surface area contributed by atoms with E-state index in [1.807, 2.05) is 0 Å². The van der Waals surface area contributed by atoms with Crippen molar-refractivity contribution in [2.75, 3.05) is 27.2 Å². The van der Waals surface area contributed by atoms with E-state index in [1.165, 1.54) is 25.3 Å². The molecular formula is C11H18ClN3O4S. The molecule has 0 heterocycles. The van der Waals surface area contributed by atoms with Crippen molar-refractivity contribution in [2.24, 2.45) is 5.73 Å². The molecule has 1 rings (SSSR count). The van der Waals surface area contributed by atoms with Crippen LogP contribution in [-0.4, -0.2) is 41.6 Å². The molecule has 0 aliphatic heterocycles. The van der Waals surface area contributed by atoms with Crippen molar-refractivity contribution in [3.63, 3.8) is 0 Å². The van der Waals surface area contributed by atoms with Crippen molar-refractivity contribution in [3.8, 4) is 5.75 Å². The van der Waals surface area contributed by atoms with Crippen LogP contribution >= 0.6 is 12.4 Å². The van der Waals surface area contributed by atoms with E-state index >= 15 is 0 Å². The summed E-state index contributed by atoms with van der Waals surface area (Å²) >= 11 is 0. The molecule has 0 bridgehead atoms. The van der Waals surface area contributed by atoms with Crippen molar-refractivity contribution in [1.82, 2.24) is 10.0 Å². The van der Waals surface area contributed by atoms with E-state index in [9.17, 15) is 13.2 Å². The van der Waals surface area contributed by atoms with Crippen molar-refractivity contribution in [3.05, 3.63) is 23.8 Å². The number of amides is 1. The Morgan fingerprint density at radius 1 is 1.35 bits per heavy atom. The maximum atomic E-state index is 11.9. The number of halogens is 1. The molecule has 0 aliphatic carbocycles. The Labute approximate surface area is 124 Å². The maximum absolute atomic E-state index is 11.9. The summed E-state index contributed by atoms with van der Waals surface area (Å²) in [6.07, 6.45) is 0. The number of carbonyl (C=O) groups is 1. The monoisotopic (exact) mass is 323 g/mol. The number of ether oxygens (including phenoxy) is 1. The Morgan fingerprint density at radius 3 is 2.50 bits per heavy atom. The summed E-state index contributed by atoms with van der Waals surface area (Å²) in [6.45, 7) is 0.745. The molecule has 0 atom stereocenters. The van der Waals surface area contributed by atoms with Crippen LogP contribution in [0.4, 0.5) is 0 Å². The maximum Gasteiger partial charge on any atom is 0.252 e. The molecule has 0 fully saturated rings. The van der Waals surface area contributed by atoms with E-state index in [2.05, 4.69) is 10.0 Å². The topological polar surface area (TPSA) is 111 Å². The number of carbonyl (C=O) groups excluding carboxylic acids is 1. The molecule has 0 spiro atoms. The van der Waals surface area contributed by atoms with Crippen LogP contribution in [-0.2, 0) is 10.0 Å². The molecule has 7 nitrogen and oxygen atoms in total.